The van der Waals surface area contributed by atoms with E-state index in [2.05, 4.69) is 18.7 Å². The monoisotopic (exact) mass is 538 g/mol. The number of sulfonamides is 1. The van der Waals surface area contributed by atoms with Gasteiger partial charge < -0.3 is 14.2 Å². The molecule has 5 rings (SSSR count). The molecule has 2 atom stereocenters. The SMILES string of the molecule is CC(C)N1C2CCC1CC(Oc1ccc3c(c1)cc(C(=O)N1CCN(S(C)(=O)=O)CC1)n3CC(F)F)C2. The van der Waals surface area contributed by atoms with Crippen molar-refractivity contribution in [3.8, 4) is 5.75 Å². The minimum absolute atomic E-state index is 0.111. The first kappa shape index (κ1) is 26.4. The van der Waals surface area contributed by atoms with Crippen molar-refractivity contribution in [2.75, 3.05) is 32.4 Å². The smallest absolute Gasteiger partial charge is 0.270 e. The van der Waals surface area contributed by atoms with Gasteiger partial charge in [-0.2, -0.15) is 4.31 Å². The van der Waals surface area contributed by atoms with Crippen LogP contribution in [0.4, 0.5) is 8.78 Å². The summed E-state index contributed by atoms with van der Waals surface area (Å²) in [5.74, 6) is 0.315. The van der Waals surface area contributed by atoms with Crippen molar-refractivity contribution in [1.82, 2.24) is 18.7 Å². The first-order valence-corrected chi connectivity index (χ1v) is 15.0. The lowest BCUT2D eigenvalue weighted by atomic mass is 9.98. The van der Waals surface area contributed by atoms with E-state index < -0.39 is 23.0 Å². The number of amides is 1. The number of hydrogen-bond donors (Lipinski definition) is 0. The topological polar surface area (TPSA) is 75.1 Å². The van der Waals surface area contributed by atoms with Gasteiger partial charge in [-0.15, -0.1) is 0 Å². The first-order valence-electron chi connectivity index (χ1n) is 13.1. The number of piperidine rings is 1. The highest BCUT2D eigenvalue weighted by atomic mass is 32.2. The molecule has 2 bridgehead atoms. The van der Waals surface area contributed by atoms with Crippen LogP contribution >= 0.6 is 0 Å². The molecule has 2 unspecified atom stereocenters. The normalized spacial score (nSPS) is 25.5. The van der Waals surface area contributed by atoms with E-state index in [1.165, 1.54) is 26.6 Å². The molecule has 0 aliphatic carbocycles. The molecule has 3 fully saturated rings. The Morgan fingerprint density at radius 1 is 1.05 bits per heavy atom. The standard InChI is InChI=1S/C26H36F2N4O4S/c1-17(2)32-19-4-5-20(32)15-22(14-19)36-21-6-7-23-18(12-21)13-24(31(23)16-25(27)28)26(33)29-8-10-30(11-9-29)37(3,34)35/h6-7,12-13,17,19-20,22,25H,4-5,8-11,14-16H2,1-3H3. The number of nitrogens with zero attached hydrogens (tertiary/aromatic N) is 4. The van der Waals surface area contributed by atoms with Crippen molar-refractivity contribution in [3.05, 3.63) is 30.0 Å². The maximum absolute atomic E-state index is 13.5. The van der Waals surface area contributed by atoms with Crippen LogP contribution in [-0.2, 0) is 16.6 Å². The molecule has 1 amide bonds. The number of aromatic nitrogens is 1. The lowest BCUT2D eigenvalue weighted by Gasteiger charge is -2.41. The van der Waals surface area contributed by atoms with E-state index in [4.69, 9.17) is 4.74 Å². The van der Waals surface area contributed by atoms with Gasteiger partial charge in [0, 0.05) is 55.2 Å². The molecule has 3 saturated heterocycles. The zero-order valence-electron chi connectivity index (χ0n) is 21.6. The van der Waals surface area contributed by atoms with Crippen molar-refractivity contribution in [3.63, 3.8) is 0 Å². The molecule has 0 spiro atoms. The summed E-state index contributed by atoms with van der Waals surface area (Å²) >= 11 is 0. The molecule has 2 aromatic rings. The Bertz CT molecular complexity index is 1240. The third-order valence-corrected chi connectivity index (χ3v) is 9.36. The van der Waals surface area contributed by atoms with Crippen LogP contribution in [0.25, 0.3) is 10.9 Å². The predicted molar refractivity (Wildman–Crippen MR) is 138 cm³/mol. The van der Waals surface area contributed by atoms with Gasteiger partial charge >= 0.3 is 0 Å². The number of ether oxygens (including phenoxy) is 1. The number of halogens is 2. The summed E-state index contributed by atoms with van der Waals surface area (Å²) < 4.78 is 59.7. The van der Waals surface area contributed by atoms with Crippen LogP contribution in [0.2, 0.25) is 0 Å². The van der Waals surface area contributed by atoms with E-state index in [0.29, 0.717) is 34.8 Å². The Hall–Kier alpha value is -2.24. The second-order valence-electron chi connectivity index (χ2n) is 10.8. The predicted octanol–water partition coefficient (Wildman–Crippen LogP) is 3.41. The number of carbonyl (C=O) groups excluding carboxylic acids is 1. The Morgan fingerprint density at radius 3 is 2.27 bits per heavy atom. The van der Waals surface area contributed by atoms with E-state index in [1.54, 1.807) is 18.2 Å². The Kier molecular flexibility index (Phi) is 7.23. The molecule has 1 aromatic heterocycles. The van der Waals surface area contributed by atoms with Gasteiger partial charge in [0.25, 0.3) is 12.3 Å². The fourth-order valence-electron chi connectivity index (χ4n) is 6.51. The lowest BCUT2D eigenvalue weighted by molar-refractivity contribution is 0.0308. The number of hydrogen-bond acceptors (Lipinski definition) is 5. The molecular formula is C26H36F2N4O4S. The summed E-state index contributed by atoms with van der Waals surface area (Å²) in [4.78, 5) is 17.5. The Morgan fingerprint density at radius 2 is 1.70 bits per heavy atom. The number of benzene rings is 1. The Labute approximate surface area is 217 Å². The average molecular weight is 539 g/mol. The molecule has 1 aromatic carbocycles. The highest BCUT2D eigenvalue weighted by Gasteiger charge is 2.42. The van der Waals surface area contributed by atoms with Gasteiger partial charge in [-0.1, -0.05) is 0 Å². The van der Waals surface area contributed by atoms with Gasteiger partial charge in [0.05, 0.1) is 12.8 Å². The van der Waals surface area contributed by atoms with Crippen LogP contribution < -0.4 is 4.74 Å². The van der Waals surface area contributed by atoms with Crippen LogP contribution in [0, 0.1) is 0 Å². The molecule has 37 heavy (non-hydrogen) atoms. The van der Waals surface area contributed by atoms with Gasteiger partial charge in [0.15, 0.2) is 0 Å². The molecule has 0 saturated carbocycles. The van der Waals surface area contributed by atoms with Crippen molar-refractivity contribution in [2.24, 2.45) is 0 Å². The van der Waals surface area contributed by atoms with E-state index >= 15 is 0 Å². The molecule has 4 heterocycles. The second-order valence-corrected chi connectivity index (χ2v) is 12.8. The van der Waals surface area contributed by atoms with Crippen LogP contribution in [0.5, 0.6) is 5.75 Å². The van der Waals surface area contributed by atoms with Crippen molar-refractivity contribution in [1.29, 1.82) is 0 Å². The van der Waals surface area contributed by atoms with E-state index in [1.807, 2.05) is 6.07 Å². The van der Waals surface area contributed by atoms with Crippen LogP contribution in [0.3, 0.4) is 0 Å². The summed E-state index contributed by atoms with van der Waals surface area (Å²) in [5, 5.41) is 0.680. The average Bonchev–Trinajstić information content (AvgIpc) is 3.32. The van der Waals surface area contributed by atoms with Crippen LogP contribution in [0.1, 0.15) is 50.0 Å². The largest absolute Gasteiger partial charge is 0.490 e. The van der Waals surface area contributed by atoms with E-state index in [0.717, 1.165) is 19.1 Å². The molecule has 0 N–H and O–H groups in total. The molecule has 3 aliphatic heterocycles. The number of rotatable bonds is 7. The van der Waals surface area contributed by atoms with Gasteiger partial charge in [0.1, 0.15) is 17.5 Å². The lowest BCUT2D eigenvalue weighted by Crippen LogP contribution is -2.50. The molecule has 204 valence electrons. The molecule has 3 aliphatic rings. The number of carbonyl (C=O) groups is 1. The summed E-state index contributed by atoms with van der Waals surface area (Å²) in [5.41, 5.74) is 0.740. The fourth-order valence-corrected chi connectivity index (χ4v) is 7.34. The number of alkyl halides is 2. The van der Waals surface area contributed by atoms with Gasteiger partial charge in [0.2, 0.25) is 10.0 Å². The summed E-state index contributed by atoms with van der Waals surface area (Å²) in [6.45, 7) is 4.71. The number of fused-ring (bicyclic) bond motifs is 3. The van der Waals surface area contributed by atoms with Crippen molar-refractivity contribution in [2.45, 2.75) is 76.7 Å². The van der Waals surface area contributed by atoms with E-state index in [-0.39, 0.29) is 43.9 Å². The van der Waals surface area contributed by atoms with Gasteiger partial charge in [-0.3, -0.25) is 9.69 Å². The second kappa shape index (κ2) is 10.1. The third-order valence-electron chi connectivity index (χ3n) is 8.05. The zero-order chi connectivity index (χ0) is 26.5. The fraction of sp³-hybridized carbons (Fsp3) is 0.654. The highest BCUT2D eigenvalue weighted by Crippen LogP contribution is 2.39. The summed E-state index contributed by atoms with van der Waals surface area (Å²) in [6, 6.07) is 8.64. The minimum Gasteiger partial charge on any atom is -0.490 e. The molecular weight excluding hydrogens is 502 g/mol. The molecule has 8 nitrogen and oxygen atoms in total. The maximum Gasteiger partial charge on any atom is 0.270 e. The highest BCUT2D eigenvalue weighted by molar-refractivity contribution is 7.88. The number of piperazine rings is 1. The van der Waals surface area contributed by atoms with E-state index in [9.17, 15) is 22.0 Å². The molecule has 11 heteroatoms. The first-order chi connectivity index (χ1) is 17.5. The van der Waals surface area contributed by atoms with Crippen molar-refractivity contribution < 1.29 is 26.7 Å². The zero-order valence-corrected chi connectivity index (χ0v) is 22.5. The maximum atomic E-state index is 13.5. The van der Waals surface area contributed by atoms with Crippen molar-refractivity contribution >= 4 is 26.8 Å². The summed E-state index contributed by atoms with van der Waals surface area (Å²) in [7, 11) is -3.34. The minimum atomic E-state index is -3.34. The summed E-state index contributed by atoms with van der Waals surface area (Å²) in [6.07, 6.45) is 2.97. The third kappa shape index (κ3) is 5.35. The van der Waals surface area contributed by atoms with Gasteiger partial charge in [-0.25, -0.2) is 17.2 Å². The molecule has 0 radical (unpaired) electrons. The quantitative estimate of drug-likeness (QED) is 0.540. The van der Waals surface area contributed by atoms with Gasteiger partial charge in [-0.05, 0) is 63.8 Å². The van der Waals surface area contributed by atoms with Crippen LogP contribution in [0.15, 0.2) is 24.3 Å². The van der Waals surface area contributed by atoms with Crippen LogP contribution in [-0.4, -0.2) is 96.1 Å². The Balaban J connectivity index is 1.35.